The fourth-order valence-corrected chi connectivity index (χ4v) is 0.512. The summed E-state index contributed by atoms with van der Waals surface area (Å²) in [5.74, 6) is 0. The molecule has 0 unspecified atom stereocenters. The van der Waals surface area contributed by atoms with E-state index in [9.17, 15) is 9.59 Å². The van der Waals surface area contributed by atoms with Crippen LogP contribution in [0, 0.1) is 0 Å². The lowest BCUT2D eigenvalue weighted by Gasteiger charge is -1.97. The third kappa shape index (κ3) is 1.19. The molecule has 10 heavy (non-hydrogen) atoms. The summed E-state index contributed by atoms with van der Waals surface area (Å²) in [7, 11) is 0. The molecule has 0 bridgehead atoms. The highest BCUT2D eigenvalue weighted by molar-refractivity contribution is 5.56. The molecule has 0 aromatic carbocycles. The molecule has 0 saturated carbocycles. The van der Waals surface area contributed by atoms with Crippen LogP contribution < -0.4 is 11.1 Å². The van der Waals surface area contributed by atoms with E-state index in [0.29, 0.717) is 6.41 Å². The highest BCUT2D eigenvalue weighted by Crippen LogP contribution is 1.69. The van der Waals surface area contributed by atoms with Crippen molar-refractivity contribution < 1.29 is 4.79 Å². The number of nitrogens with zero attached hydrogens (tertiary/aromatic N) is 2. The molecule has 0 aliphatic rings. The average molecular weight is 139 g/mol. The van der Waals surface area contributed by atoms with E-state index in [1.165, 1.54) is 18.5 Å². The van der Waals surface area contributed by atoms with Gasteiger partial charge in [0.25, 0.3) is 0 Å². The van der Waals surface area contributed by atoms with E-state index in [1.54, 1.807) is 0 Å². The summed E-state index contributed by atoms with van der Waals surface area (Å²) in [6.07, 6.45) is 3.16. The summed E-state index contributed by atoms with van der Waals surface area (Å²) < 4.78 is 0.979. The molecule has 1 N–H and O–H groups in total. The third-order valence-corrected chi connectivity index (χ3v) is 0.904. The van der Waals surface area contributed by atoms with Gasteiger partial charge in [0, 0.05) is 12.4 Å². The number of hydrogen-bond donors (Lipinski definition) is 1. The Kier molecular flexibility index (Phi) is 1.79. The zero-order chi connectivity index (χ0) is 7.40. The van der Waals surface area contributed by atoms with Crippen LogP contribution in [0.4, 0.5) is 0 Å². The number of aromatic nitrogens is 2. The molecule has 1 amide bonds. The van der Waals surface area contributed by atoms with Crippen LogP contribution >= 0.6 is 0 Å². The first-order chi connectivity index (χ1) is 4.84. The Bertz CT molecular complexity index is 280. The standard InChI is InChI=1S/C5H5N3O2/c9-4-7-8-3-1-2-6-5(8)10/h1-4H,(H,7,9). The van der Waals surface area contributed by atoms with E-state index >= 15 is 0 Å². The number of carbonyl (C=O) groups is 1. The van der Waals surface area contributed by atoms with Gasteiger partial charge in [0.15, 0.2) is 0 Å². The Morgan fingerprint density at radius 3 is 3.10 bits per heavy atom. The third-order valence-electron chi connectivity index (χ3n) is 0.904. The zero-order valence-electron chi connectivity index (χ0n) is 5.02. The molecule has 1 rings (SSSR count). The van der Waals surface area contributed by atoms with Gasteiger partial charge in [-0.15, -0.1) is 0 Å². The molecule has 5 nitrogen and oxygen atoms in total. The van der Waals surface area contributed by atoms with E-state index < -0.39 is 5.69 Å². The fourth-order valence-electron chi connectivity index (χ4n) is 0.512. The minimum absolute atomic E-state index is 0.406. The van der Waals surface area contributed by atoms with Crippen molar-refractivity contribution in [2.75, 3.05) is 5.43 Å². The zero-order valence-corrected chi connectivity index (χ0v) is 5.02. The van der Waals surface area contributed by atoms with Crippen molar-refractivity contribution in [1.82, 2.24) is 9.66 Å². The largest absolute Gasteiger partial charge is 0.366 e. The van der Waals surface area contributed by atoms with Gasteiger partial charge in [0.05, 0.1) is 0 Å². The van der Waals surface area contributed by atoms with Crippen LogP contribution in [-0.2, 0) is 4.79 Å². The first kappa shape index (κ1) is 6.47. The molecule has 0 fully saturated rings. The molecule has 0 aliphatic carbocycles. The Morgan fingerprint density at radius 2 is 2.50 bits per heavy atom. The van der Waals surface area contributed by atoms with Crippen LogP contribution in [0.1, 0.15) is 0 Å². The molecule has 5 heteroatoms. The molecule has 0 saturated heterocycles. The maximum Gasteiger partial charge on any atom is 0.366 e. The van der Waals surface area contributed by atoms with Crippen LogP contribution in [0.3, 0.4) is 0 Å². The van der Waals surface area contributed by atoms with Crippen molar-refractivity contribution in [2.45, 2.75) is 0 Å². The monoisotopic (exact) mass is 139 g/mol. The van der Waals surface area contributed by atoms with Crippen LogP contribution in [0.15, 0.2) is 23.3 Å². The van der Waals surface area contributed by atoms with E-state index in [4.69, 9.17) is 0 Å². The van der Waals surface area contributed by atoms with Crippen molar-refractivity contribution in [3.8, 4) is 0 Å². The summed E-state index contributed by atoms with van der Waals surface area (Å²) in [4.78, 5) is 23.9. The van der Waals surface area contributed by atoms with Gasteiger partial charge in [0.2, 0.25) is 6.41 Å². The molecule has 0 aliphatic heterocycles. The summed E-state index contributed by atoms with van der Waals surface area (Å²) in [5, 5.41) is 0. The Hall–Kier alpha value is -1.65. The van der Waals surface area contributed by atoms with Crippen molar-refractivity contribution >= 4 is 6.41 Å². The Labute approximate surface area is 56.3 Å². The average Bonchev–Trinajstić information content (AvgIpc) is 1.94. The lowest BCUT2D eigenvalue weighted by Crippen LogP contribution is -2.28. The number of amides is 1. The highest BCUT2D eigenvalue weighted by atomic mass is 16.2. The summed E-state index contributed by atoms with van der Waals surface area (Å²) in [6, 6.07) is 1.54. The first-order valence-electron chi connectivity index (χ1n) is 2.58. The molecular weight excluding hydrogens is 134 g/mol. The number of carbonyl (C=O) groups excluding carboxylic acids is 1. The van der Waals surface area contributed by atoms with E-state index in [-0.39, 0.29) is 0 Å². The van der Waals surface area contributed by atoms with Crippen LogP contribution in [0.2, 0.25) is 0 Å². The van der Waals surface area contributed by atoms with Crippen LogP contribution in [-0.4, -0.2) is 16.1 Å². The second-order valence-electron chi connectivity index (χ2n) is 1.52. The molecular formula is C5H5N3O2. The number of hydrogen-bond acceptors (Lipinski definition) is 3. The van der Waals surface area contributed by atoms with Gasteiger partial charge in [-0.25, -0.2) is 14.5 Å². The van der Waals surface area contributed by atoms with Gasteiger partial charge >= 0.3 is 5.69 Å². The topological polar surface area (TPSA) is 64.0 Å². The fraction of sp³-hybridized carbons (Fsp3) is 0. The van der Waals surface area contributed by atoms with E-state index in [2.05, 4.69) is 10.4 Å². The Morgan fingerprint density at radius 1 is 1.70 bits per heavy atom. The molecule has 0 radical (unpaired) electrons. The lowest BCUT2D eigenvalue weighted by molar-refractivity contribution is -0.106. The van der Waals surface area contributed by atoms with E-state index in [0.717, 1.165) is 4.68 Å². The van der Waals surface area contributed by atoms with Crippen LogP contribution in [0.25, 0.3) is 0 Å². The second-order valence-corrected chi connectivity index (χ2v) is 1.52. The molecule has 1 heterocycles. The number of nitrogens with one attached hydrogen (secondary N) is 1. The van der Waals surface area contributed by atoms with Crippen molar-refractivity contribution in [3.05, 3.63) is 28.9 Å². The van der Waals surface area contributed by atoms with Crippen molar-refractivity contribution in [2.24, 2.45) is 0 Å². The summed E-state index contributed by atoms with van der Waals surface area (Å²) >= 11 is 0. The van der Waals surface area contributed by atoms with Crippen molar-refractivity contribution in [1.29, 1.82) is 0 Å². The molecule has 0 spiro atoms. The van der Waals surface area contributed by atoms with Gasteiger partial charge in [-0.1, -0.05) is 0 Å². The molecule has 1 aromatic heterocycles. The lowest BCUT2D eigenvalue weighted by atomic mass is 10.7. The smallest absolute Gasteiger partial charge is 0.277 e. The molecule has 0 atom stereocenters. The van der Waals surface area contributed by atoms with E-state index in [1.807, 2.05) is 0 Å². The molecule has 1 aromatic rings. The maximum absolute atomic E-state index is 10.6. The quantitative estimate of drug-likeness (QED) is 0.531. The summed E-state index contributed by atoms with van der Waals surface area (Å²) in [6.45, 7) is 0. The van der Waals surface area contributed by atoms with Crippen molar-refractivity contribution in [3.63, 3.8) is 0 Å². The Balaban J connectivity index is 3.03. The maximum atomic E-state index is 10.6. The minimum Gasteiger partial charge on any atom is -0.277 e. The highest BCUT2D eigenvalue weighted by Gasteiger charge is 1.88. The SMILES string of the molecule is O=CNn1cccnc1=O. The van der Waals surface area contributed by atoms with Gasteiger partial charge in [-0.2, -0.15) is 0 Å². The normalized spacial score (nSPS) is 8.80. The summed E-state index contributed by atoms with van der Waals surface area (Å²) in [5.41, 5.74) is 1.63. The van der Waals surface area contributed by atoms with Gasteiger partial charge in [-0.3, -0.25) is 10.2 Å². The predicted molar refractivity (Wildman–Crippen MR) is 33.9 cm³/mol. The molecule has 52 valence electrons. The minimum atomic E-state index is -0.505. The van der Waals surface area contributed by atoms with Gasteiger partial charge in [0.1, 0.15) is 0 Å². The van der Waals surface area contributed by atoms with Gasteiger partial charge in [-0.05, 0) is 6.07 Å². The second kappa shape index (κ2) is 2.77. The number of rotatable bonds is 2. The van der Waals surface area contributed by atoms with Crippen LogP contribution in [0.5, 0.6) is 0 Å². The predicted octanol–water partition coefficient (Wildman–Crippen LogP) is -1.06. The first-order valence-corrected chi connectivity index (χ1v) is 2.58. The van der Waals surface area contributed by atoms with Gasteiger partial charge < -0.3 is 0 Å².